The second-order valence-corrected chi connectivity index (χ2v) is 9.01. The smallest absolute Gasteiger partial charge is 0.251 e. The van der Waals surface area contributed by atoms with Gasteiger partial charge in [-0.2, -0.15) is 0 Å². The van der Waals surface area contributed by atoms with Crippen molar-refractivity contribution < 1.29 is 14.0 Å². The molecule has 1 aliphatic heterocycles. The number of nitrogens with one attached hydrogen (secondary N) is 1. The number of aryl methyl sites for hydroxylation is 2. The van der Waals surface area contributed by atoms with Crippen molar-refractivity contribution in [2.75, 3.05) is 5.75 Å². The van der Waals surface area contributed by atoms with E-state index in [0.29, 0.717) is 17.9 Å². The van der Waals surface area contributed by atoms with Crippen molar-refractivity contribution in [3.8, 4) is 0 Å². The van der Waals surface area contributed by atoms with Crippen LogP contribution in [0.4, 0.5) is 0 Å². The molecule has 2 heterocycles. The highest BCUT2D eigenvalue weighted by molar-refractivity contribution is 8.00. The molecule has 0 spiro atoms. The lowest BCUT2D eigenvalue weighted by molar-refractivity contribution is -0.128. The van der Waals surface area contributed by atoms with Gasteiger partial charge in [0.25, 0.3) is 5.91 Å². The van der Waals surface area contributed by atoms with Gasteiger partial charge in [-0.25, -0.2) is 0 Å². The SMILES string of the molecule is Cc1ccc(C(C)NC(=O)c2ccc(C3SCC(=O)N3Cc3ccco3)cc2)c(C)c1. The van der Waals surface area contributed by atoms with Gasteiger partial charge in [0.1, 0.15) is 11.1 Å². The van der Waals surface area contributed by atoms with Crippen LogP contribution in [0, 0.1) is 13.8 Å². The summed E-state index contributed by atoms with van der Waals surface area (Å²) in [4.78, 5) is 27.0. The molecule has 2 amide bonds. The van der Waals surface area contributed by atoms with E-state index in [-0.39, 0.29) is 23.2 Å². The van der Waals surface area contributed by atoms with Crippen LogP contribution in [0.15, 0.2) is 65.3 Å². The first-order valence-electron chi connectivity index (χ1n) is 10.3. The summed E-state index contributed by atoms with van der Waals surface area (Å²) in [6.07, 6.45) is 1.62. The van der Waals surface area contributed by atoms with E-state index in [1.54, 1.807) is 18.0 Å². The third-order valence-electron chi connectivity index (χ3n) is 5.57. The van der Waals surface area contributed by atoms with Crippen LogP contribution < -0.4 is 5.32 Å². The number of rotatable bonds is 6. The highest BCUT2D eigenvalue weighted by Crippen LogP contribution is 2.39. The summed E-state index contributed by atoms with van der Waals surface area (Å²) in [6.45, 7) is 6.57. The van der Waals surface area contributed by atoms with Crippen LogP contribution in [0.3, 0.4) is 0 Å². The fourth-order valence-electron chi connectivity index (χ4n) is 3.94. The molecular formula is C25H26N2O3S. The average Bonchev–Trinajstić information content (AvgIpc) is 3.38. The van der Waals surface area contributed by atoms with Crippen molar-refractivity contribution in [3.05, 3.63) is 94.4 Å². The number of thioether (sulfide) groups is 1. The van der Waals surface area contributed by atoms with Crippen molar-refractivity contribution in [2.24, 2.45) is 0 Å². The van der Waals surface area contributed by atoms with Crippen LogP contribution in [0.2, 0.25) is 0 Å². The molecule has 2 atom stereocenters. The van der Waals surface area contributed by atoms with Crippen LogP contribution in [-0.2, 0) is 11.3 Å². The number of amides is 2. The van der Waals surface area contributed by atoms with Gasteiger partial charge in [-0.1, -0.05) is 35.9 Å². The highest BCUT2D eigenvalue weighted by atomic mass is 32.2. The maximum atomic E-state index is 12.8. The van der Waals surface area contributed by atoms with Gasteiger partial charge in [0.2, 0.25) is 5.91 Å². The molecule has 2 aromatic carbocycles. The summed E-state index contributed by atoms with van der Waals surface area (Å²) < 4.78 is 5.41. The Morgan fingerprint density at radius 1 is 1.19 bits per heavy atom. The molecule has 2 unspecified atom stereocenters. The molecule has 31 heavy (non-hydrogen) atoms. The first kappa shape index (κ1) is 21.2. The Labute approximate surface area is 186 Å². The van der Waals surface area contributed by atoms with E-state index in [1.165, 1.54) is 11.1 Å². The number of carbonyl (C=O) groups is 2. The zero-order valence-corrected chi connectivity index (χ0v) is 18.7. The van der Waals surface area contributed by atoms with Crippen molar-refractivity contribution >= 4 is 23.6 Å². The first-order chi connectivity index (χ1) is 14.9. The van der Waals surface area contributed by atoms with Crippen LogP contribution in [0.1, 0.15) is 56.7 Å². The van der Waals surface area contributed by atoms with Gasteiger partial charge in [-0.05, 0) is 61.7 Å². The zero-order chi connectivity index (χ0) is 22.0. The van der Waals surface area contributed by atoms with Crippen molar-refractivity contribution in [3.63, 3.8) is 0 Å². The predicted octanol–water partition coefficient (Wildman–Crippen LogP) is 5.16. The number of carbonyl (C=O) groups excluding carboxylic acids is 2. The Bertz CT molecular complexity index is 1080. The molecule has 0 saturated carbocycles. The summed E-state index contributed by atoms with van der Waals surface area (Å²) in [5.41, 5.74) is 5.10. The lowest BCUT2D eigenvalue weighted by Crippen LogP contribution is -2.28. The van der Waals surface area contributed by atoms with Gasteiger partial charge in [0, 0.05) is 5.56 Å². The van der Waals surface area contributed by atoms with Crippen LogP contribution in [-0.4, -0.2) is 22.5 Å². The third kappa shape index (κ3) is 4.69. The lowest BCUT2D eigenvalue weighted by Gasteiger charge is -2.23. The predicted molar refractivity (Wildman–Crippen MR) is 123 cm³/mol. The highest BCUT2D eigenvalue weighted by Gasteiger charge is 2.33. The Hall–Kier alpha value is -2.99. The third-order valence-corrected chi connectivity index (χ3v) is 6.83. The number of nitrogens with zero attached hydrogens (tertiary/aromatic N) is 1. The molecule has 6 heteroatoms. The van der Waals surface area contributed by atoms with Crippen molar-refractivity contribution in [2.45, 2.75) is 38.7 Å². The van der Waals surface area contributed by atoms with E-state index in [9.17, 15) is 9.59 Å². The quantitative estimate of drug-likeness (QED) is 0.582. The molecule has 0 bridgehead atoms. The normalized spacial score (nSPS) is 17.1. The molecule has 0 radical (unpaired) electrons. The Balaban J connectivity index is 1.44. The summed E-state index contributed by atoms with van der Waals surface area (Å²) in [7, 11) is 0. The van der Waals surface area contributed by atoms with Gasteiger partial charge in [-0.3, -0.25) is 9.59 Å². The molecule has 160 valence electrons. The summed E-state index contributed by atoms with van der Waals surface area (Å²) >= 11 is 1.59. The summed E-state index contributed by atoms with van der Waals surface area (Å²) in [6, 6.07) is 17.4. The molecule has 5 nitrogen and oxygen atoms in total. The number of benzene rings is 2. The van der Waals surface area contributed by atoms with E-state index < -0.39 is 0 Å². The fourth-order valence-corrected chi connectivity index (χ4v) is 5.13. The second kappa shape index (κ2) is 9.02. The lowest BCUT2D eigenvalue weighted by atomic mass is 10.00. The number of furan rings is 1. The van der Waals surface area contributed by atoms with E-state index in [0.717, 1.165) is 16.9 Å². The molecule has 1 fully saturated rings. The maximum absolute atomic E-state index is 12.8. The first-order valence-corrected chi connectivity index (χ1v) is 11.4. The Morgan fingerprint density at radius 3 is 2.65 bits per heavy atom. The monoisotopic (exact) mass is 434 g/mol. The van der Waals surface area contributed by atoms with Crippen LogP contribution in [0.25, 0.3) is 0 Å². The van der Waals surface area contributed by atoms with E-state index in [2.05, 4.69) is 37.4 Å². The molecule has 3 aromatic rings. The molecular weight excluding hydrogens is 408 g/mol. The van der Waals surface area contributed by atoms with Gasteiger partial charge in [0.05, 0.1) is 24.6 Å². The molecule has 1 saturated heterocycles. The molecule has 1 N–H and O–H groups in total. The molecule has 1 aromatic heterocycles. The van der Waals surface area contributed by atoms with Gasteiger partial charge in [-0.15, -0.1) is 11.8 Å². The average molecular weight is 435 g/mol. The zero-order valence-electron chi connectivity index (χ0n) is 17.9. The van der Waals surface area contributed by atoms with E-state index in [1.807, 2.05) is 48.2 Å². The number of hydrogen-bond acceptors (Lipinski definition) is 4. The van der Waals surface area contributed by atoms with Gasteiger partial charge in [0.15, 0.2) is 0 Å². The van der Waals surface area contributed by atoms with Gasteiger partial charge < -0.3 is 14.6 Å². The largest absolute Gasteiger partial charge is 0.467 e. The second-order valence-electron chi connectivity index (χ2n) is 7.94. The standard InChI is InChI=1S/C25H26N2O3S/c1-16-6-11-22(17(2)13-16)18(3)26-24(29)19-7-9-20(10-8-19)25-27(23(28)15-31-25)14-21-5-4-12-30-21/h4-13,18,25H,14-15H2,1-3H3,(H,26,29). The van der Waals surface area contributed by atoms with E-state index >= 15 is 0 Å². The number of hydrogen-bond donors (Lipinski definition) is 1. The fraction of sp³-hybridized carbons (Fsp3) is 0.280. The van der Waals surface area contributed by atoms with Crippen molar-refractivity contribution in [1.82, 2.24) is 10.2 Å². The molecule has 4 rings (SSSR count). The minimum absolute atomic E-state index is 0.0798. The maximum Gasteiger partial charge on any atom is 0.251 e. The summed E-state index contributed by atoms with van der Waals surface area (Å²) in [5, 5.41) is 3.01. The topological polar surface area (TPSA) is 62.6 Å². The molecule has 0 aliphatic carbocycles. The van der Waals surface area contributed by atoms with Gasteiger partial charge >= 0.3 is 0 Å². The van der Waals surface area contributed by atoms with Crippen LogP contribution in [0.5, 0.6) is 0 Å². The Kier molecular flexibility index (Phi) is 6.18. The molecule has 1 aliphatic rings. The van der Waals surface area contributed by atoms with Crippen molar-refractivity contribution in [1.29, 1.82) is 0 Å². The Morgan fingerprint density at radius 2 is 1.97 bits per heavy atom. The minimum atomic E-state index is -0.110. The summed E-state index contributed by atoms with van der Waals surface area (Å²) in [5.74, 6) is 1.19. The van der Waals surface area contributed by atoms with Crippen LogP contribution >= 0.6 is 11.8 Å². The minimum Gasteiger partial charge on any atom is -0.467 e. The van der Waals surface area contributed by atoms with E-state index in [4.69, 9.17) is 4.42 Å².